The summed E-state index contributed by atoms with van der Waals surface area (Å²) in [6.45, 7) is 0.865. The smallest absolute Gasteiger partial charge is 0.228 e. The van der Waals surface area contributed by atoms with E-state index in [1.54, 1.807) is 17.5 Å². The summed E-state index contributed by atoms with van der Waals surface area (Å²) in [5.74, 6) is 0.230. The van der Waals surface area contributed by atoms with Crippen molar-refractivity contribution < 1.29 is 4.79 Å². The van der Waals surface area contributed by atoms with E-state index in [9.17, 15) is 4.79 Å². The van der Waals surface area contributed by atoms with E-state index in [-0.39, 0.29) is 11.9 Å². The van der Waals surface area contributed by atoms with Crippen LogP contribution in [-0.2, 0) is 11.2 Å². The summed E-state index contributed by atoms with van der Waals surface area (Å²) in [6, 6.07) is 8.23. The molecule has 0 spiro atoms. The van der Waals surface area contributed by atoms with Gasteiger partial charge in [0.15, 0.2) is 0 Å². The van der Waals surface area contributed by atoms with Crippen molar-refractivity contribution in [2.75, 3.05) is 6.54 Å². The standard InChI is InChI=1S/C15H16N2OS/c18-15(10-13-5-3-9-19-13)17-8-2-6-14(17)12-4-1-7-16-11-12/h1,3-5,7,9,11,14H,2,6,8,10H2. The molecule has 1 saturated heterocycles. The quantitative estimate of drug-likeness (QED) is 0.860. The van der Waals surface area contributed by atoms with Gasteiger partial charge in [0.25, 0.3) is 0 Å². The monoisotopic (exact) mass is 272 g/mol. The molecule has 3 nitrogen and oxygen atoms in total. The van der Waals surface area contributed by atoms with Crippen molar-refractivity contribution in [3.05, 3.63) is 52.5 Å². The maximum absolute atomic E-state index is 12.4. The third-order valence-electron chi connectivity index (χ3n) is 3.55. The second kappa shape index (κ2) is 5.53. The van der Waals surface area contributed by atoms with Crippen LogP contribution in [0.1, 0.15) is 29.3 Å². The van der Waals surface area contributed by atoms with E-state index >= 15 is 0 Å². The first kappa shape index (κ1) is 12.4. The first-order valence-electron chi connectivity index (χ1n) is 6.56. The third kappa shape index (κ3) is 2.68. The first-order chi connectivity index (χ1) is 9.34. The Hall–Kier alpha value is -1.68. The van der Waals surface area contributed by atoms with Crippen molar-refractivity contribution in [3.63, 3.8) is 0 Å². The number of hydrogen-bond acceptors (Lipinski definition) is 3. The largest absolute Gasteiger partial charge is 0.335 e. The molecular weight excluding hydrogens is 256 g/mol. The Labute approximate surface area is 116 Å². The minimum atomic E-state index is 0.209. The van der Waals surface area contributed by atoms with Crippen LogP contribution in [0, 0.1) is 0 Å². The van der Waals surface area contributed by atoms with E-state index in [0.29, 0.717) is 6.42 Å². The summed E-state index contributed by atoms with van der Waals surface area (Å²) in [5.41, 5.74) is 1.15. The average molecular weight is 272 g/mol. The van der Waals surface area contributed by atoms with Gasteiger partial charge in [0.2, 0.25) is 5.91 Å². The predicted octanol–water partition coefficient (Wildman–Crippen LogP) is 3.05. The fourth-order valence-corrected chi connectivity index (χ4v) is 3.34. The van der Waals surface area contributed by atoms with E-state index in [1.807, 2.05) is 34.7 Å². The number of nitrogens with zero attached hydrogens (tertiary/aromatic N) is 2. The minimum Gasteiger partial charge on any atom is -0.335 e. The molecule has 0 bridgehead atoms. The normalized spacial score (nSPS) is 18.7. The lowest BCUT2D eigenvalue weighted by atomic mass is 10.1. The fourth-order valence-electron chi connectivity index (χ4n) is 2.65. The van der Waals surface area contributed by atoms with Gasteiger partial charge < -0.3 is 4.90 Å². The van der Waals surface area contributed by atoms with Gasteiger partial charge in [0.1, 0.15) is 0 Å². The molecule has 19 heavy (non-hydrogen) atoms. The molecule has 0 radical (unpaired) electrons. The molecule has 1 unspecified atom stereocenters. The van der Waals surface area contributed by atoms with Crippen LogP contribution in [0.15, 0.2) is 42.0 Å². The lowest BCUT2D eigenvalue weighted by Gasteiger charge is -2.24. The average Bonchev–Trinajstić information content (AvgIpc) is 3.10. The van der Waals surface area contributed by atoms with E-state index in [0.717, 1.165) is 29.8 Å². The van der Waals surface area contributed by atoms with E-state index in [4.69, 9.17) is 0 Å². The molecule has 4 heteroatoms. The maximum atomic E-state index is 12.4. The summed E-state index contributed by atoms with van der Waals surface area (Å²) < 4.78 is 0. The summed E-state index contributed by atoms with van der Waals surface area (Å²) in [6.07, 6.45) is 6.30. The number of amides is 1. The Morgan fingerprint density at radius 3 is 3.11 bits per heavy atom. The van der Waals surface area contributed by atoms with Gasteiger partial charge in [0.05, 0.1) is 12.5 Å². The van der Waals surface area contributed by atoms with Gasteiger partial charge in [-0.1, -0.05) is 12.1 Å². The molecule has 1 aliphatic heterocycles. The van der Waals surface area contributed by atoms with E-state index < -0.39 is 0 Å². The van der Waals surface area contributed by atoms with Crippen LogP contribution in [0.4, 0.5) is 0 Å². The van der Waals surface area contributed by atoms with Gasteiger partial charge in [-0.05, 0) is 35.9 Å². The Bertz CT molecular complexity index is 539. The van der Waals surface area contributed by atoms with Crippen molar-refractivity contribution in [2.24, 2.45) is 0 Å². The summed E-state index contributed by atoms with van der Waals surface area (Å²) in [5, 5.41) is 2.02. The topological polar surface area (TPSA) is 33.2 Å². The summed E-state index contributed by atoms with van der Waals surface area (Å²) >= 11 is 1.65. The number of carbonyl (C=O) groups excluding carboxylic acids is 1. The lowest BCUT2D eigenvalue weighted by Crippen LogP contribution is -2.31. The number of hydrogen-bond donors (Lipinski definition) is 0. The lowest BCUT2D eigenvalue weighted by molar-refractivity contribution is -0.131. The number of carbonyl (C=O) groups is 1. The molecule has 1 amide bonds. The highest BCUT2D eigenvalue weighted by atomic mass is 32.1. The molecule has 0 N–H and O–H groups in total. The van der Waals surface area contributed by atoms with Gasteiger partial charge in [-0.3, -0.25) is 9.78 Å². The number of likely N-dealkylation sites (tertiary alicyclic amines) is 1. The molecule has 98 valence electrons. The molecule has 0 aliphatic carbocycles. The van der Waals surface area contributed by atoms with Crippen molar-refractivity contribution in [1.82, 2.24) is 9.88 Å². The van der Waals surface area contributed by atoms with Gasteiger partial charge in [0, 0.05) is 23.8 Å². The zero-order valence-corrected chi connectivity index (χ0v) is 11.5. The number of pyridine rings is 1. The fraction of sp³-hybridized carbons (Fsp3) is 0.333. The molecular formula is C15H16N2OS. The summed E-state index contributed by atoms with van der Waals surface area (Å²) in [4.78, 5) is 19.7. The zero-order valence-electron chi connectivity index (χ0n) is 10.7. The third-order valence-corrected chi connectivity index (χ3v) is 4.42. The number of rotatable bonds is 3. The Kier molecular flexibility index (Phi) is 3.60. The van der Waals surface area contributed by atoms with Crippen molar-refractivity contribution in [3.8, 4) is 0 Å². The molecule has 1 aliphatic rings. The highest BCUT2D eigenvalue weighted by Crippen LogP contribution is 2.32. The zero-order chi connectivity index (χ0) is 13.1. The van der Waals surface area contributed by atoms with Crippen LogP contribution in [0.2, 0.25) is 0 Å². The molecule has 0 aromatic carbocycles. The van der Waals surface area contributed by atoms with E-state index in [2.05, 4.69) is 11.1 Å². The highest BCUT2D eigenvalue weighted by Gasteiger charge is 2.29. The molecule has 1 atom stereocenters. The molecule has 0 saturated carbocycles. The summed E-state index contributed by atoms with van der Waals surface area (Å²) in [7, 11) is 0. The number of aromatic nitrogens is 1. The van der Waals surface area contributed by atoms with Crippen molar-refractivity contribution in [2.45, 2.75) is 25.3 Å². The van der Waals surface area contributed by atoms with Gasteiger partial charge in [-0.25, -0.2) is 0 Å². The maximum Gasteiger partial charge on any atom is 0.228 e. The van der Waals surface area contributed by atoms with Crippen LogP contribution in [-0.4, -0.2) is 22.3 Å². The van der Waals surface area contributed by atoms with E-state index in [1.165, 1.54) is 0 Å². The molecule has 2 aromatic rings. The van der Waals surface area contributed by atoms with Crippen molar-refractivity contribution >= 4 is 17.2 Å². The predicted molar refractivity (Wildman–Crippen MR) is 75.9 cm³/mol. The van der Waals surface area contributed by atoms with Crippen LogP contribution in [0.25, 0.3) is 0 Å². The van der Waals surface area contributed by atoms with Crippen LogP contribution in [0.3, 0.4) is 0 Å². The Morgan fingerprint density at radius 2 is 2.37 bits per heavy atom. The van der Waals surface area contributed by atoms with Crippen molar-refractivity contribution in [1.29, 1.82) is 0 Å². The molecule has 3 heterocycles. The van der Waals surface area contributed by atoms with Gasteiger partial charge in [-0.2, -0.15) is 0 Å². The molecule has 1 fully saturated rings. The second-order valence-electron chi connectivity index (χ2n) is 4.79. The Balaban J connectivity index is 1.74. The first-order valence-corrected chi connectivity index (χ1v) is 7.44. The number of thiophene rings is 1. The van der Waals surface area contributed by atoms with Crippen LogP contribution < -0.4 is 0 Å². The SMILES string of the molecule is O=C(Cc1cccs1)N1CCCC1c1cccnc1. The molecule has 2 aromatic heterocycles. The Morgan fingerprint density at radius 1 is 1.42 bits per heavy atom. The molecule has 3 rings (SSSR count). The minimum absolute atomic E-state index is 0.209. The van der Waals surface area contributed by atoms with Crippen LogP contribution in [0.5, 0.6) is 0 Å². The van der Waals surface area contributed by atoms with Gasteiger partial charge in [-0.15, -0.1) is 11.3 Å². The second-order valence-corrected chi connectivity index (χ2v) is 5.82. The van der Waals surface area contributed by atoms with Gasteiger partial charge >= 0.3 is 0 Å². The van der Waals surface area contributed by atoms with Crippen LogP contribution >= 0.6 is 11.3 Å². The highest BCUT2D eigenvalue weighted by molar-refractivity contribution is 7.10.